The number of Topliss-reactive ketones (excluding diaryl/α,β-unsaturated/α-hetero) is 1. The lowest BCUT2D eigenvalue weighted by Gasteiger charge is -2.21. The van der Waals surface area contributed by atoms with Crippen molar-refractivity contribution in [2.24, 2.45) is 5.92 Å². The van der Waals surface area contributed by atoms with Gasteiger partial charge in [0.05, 0.1) is 0 Å². The van der Waals surface area contributed by atoms with Crippen LogP contribution in [0.5, 0.6) is 0 Å². The van der Waals surface area contributed by atoms with Crippen LogP contribution in [0.1, 0.15) is 32.1 Å². The maximum Gasteiger partial charge on any atom is 0.132 e. The Hall–Kier alpha value is -0.410. The first kappa shape index (κ1) is 12.7. The molecule has 1 N–H and O–H groups in total. The Balaban J connectivity index is 1.94. The van der Waals surface area contributed by atoms with E-state index in [1.165, 1.54) is 6.42 Å². The van der Waals surface area contributed by atoms with Gasteiger partial charge in [0.2, 0.25) is 0 Å². The Bertz CT molecular complexity index is 182. The van der Waals surface area contributed by atoms with Crippen molar-refractivity contribution >= 4 is 5.78 Å². The SMILES string of the molecule is CN(C)CCCNCC1CCC(=O)CC1. The number of nitrogens with zero attached hydrogens (tertiary/aromatic N) is 1. The van der Waals surface area contributed by atoms with Gasteiger partial charge in [-0.1, -0.05) is 0 Å². The summed E-state index contributed by atoms with van der Waals surface area (Å²) in [5, 5.41) is 3.49. The van der Waals surface area contributed by atoms with Crippen molar-refractivity contribution in [3.8, 4) is 0 Å². The van der Waals surface area contributed by atoms with Crippen molar-refractivity contribution in [1.82, 2.24) is 10.2 Å². The van der Waals surface area contributed by atoms with Gasteiger partial charge in [-0.2, -0.15) is 0 Å². The fourth-order valence-corrected chi connectivity index (χ4v) is 2.03. The molecular weight excluding hydrogens is 188 g/mol. The van der Waals surface area contributed by atoms with Crippen LogP contribution in [0.3, 0.4) is 0 Å². The lowest BCUT2D eigenvalue weighted by atomic mass is 9.88. The molecule has 0 unspecified atom stereocenters. The molecule has 3 heteroatoms. The predicted octanol–water partition coefficient (Wildman–Crippen LogP) is 1.29. The van der Waals surface area contributed by atoms with Crippen molar-refractivity contribution in [3.63, 3.8) is 0 Å². The molecule has 1 aliphatic carbocycles. The van der Waals surface area contributed by atoms with Gasteiger partial charge in [0.15, 0.2) is 0 Å². The zero-order valence-corrected chi connectivity index (χ0v) is 10.1. The monoisotopic (exact) mass is 212 g/mol. The molecule has 0 saturated heterocycles. The smallest absolute Gasteiger partial charge is 0.132 e. The Kier molecular flexibility index (Phi) is 5.88. The van der Waals surface area contributed by atoms with Gasteiger partial charge in [0.25, 0.3) is 0 Å². The van der Waals surface area contributed by atoms with E-state index < -0.39 is 0 Å². The van der Waals surface area contributed by atoms with Crippen molar-refractivity contribution in [3.05, 3.63) is 0 Å². The van der Waals surface area contributed by atoms with Crippen LogP contribution in [0, 0.1) is 5.92 Å². The van der Waals surface area contributed by atoms with E-state index in [-0.39, 0.29) is 0 Å². The van der Waals surface area contributed by atoms with E-state index in [0.29, 0.717) is 5.78 Å². The van der Waals surface area contributed by atoms with E-state index >= 15 is 0 Å². The highest BCUT2D eigenvalue weighted by atomic mass is 16.1. The van der Waals surface area contributed by atoms with Gasteiger partial charge in [-0.25, -0.2) is 0 Å². The summed E-state index contributed by atoms with van der Waals surface area (Å²) in [7, 11) is 4.21. The highest BCUT2D eigenvalue weighted by molar-refractivity contribution is 5.79. The predicted molar refractivity (Wildman–Crippen MR) is 63.0 cm³/mol. The van der Waals surface area contributed by atoms with Gasteiger partial charge < -0.3 is 10.2 Å². The Morgan fingerprint density at radius 3 is 2.60 bits per heavy atom. The molecule has 0 amide bonds. The summed E-state index contributed by atoms with van der Waals surface area (Å²) >= 11 is 0. The second-order valence-corrected chi connectivity index (χ2v) is 4.84. The maximum atomic E-state index is 11.0. The van der Waals surface area contributed by atoms with E-state index in [1.807, 2.05) is 0 Å². The fraction of sp³-hybridized carbons (Fsp3) is 0.917. The average molecular weight is 212 g/mol. The average Bonchev–Trinajstić information content (AvgIpc) is 2.20. The van der Waals surface area contributed by atoms with E-state index in [4.69, 9.17) is 0 Å². The first-order valence-electron chi connectivity index (χ1n) is 6.05. The molecule has 88 valence electrons. The van der Waals surface area contributed by atoms with Gasteiger partial charge >= 0.3 is 0 Å². The summed E-state index contributed by atoms with van der Waals surface area (Å²) in [5.41, 5.74) is 0. The topological polar surface area (TPSA) is 32.3 Å². The van der Waals surface area contributed by atoms with Crippen LogP contribution >= 0.6 is 0 Å². The van der Waals surface area contributed by atoms with Crippen molar-refractivity contribution in [2.75, 3.05) is 33.7 Å². The molecule has 1 aliphatic rings. The lowest BCUT2D eigenvalue weighted by molar-refractivity contribution is -0.120. The molecule has 0 atom stereocenters. The summed E-state index contributed by atoms with van der Waals surface area (Å²) in [4.78, 5) is 13.2. The quantitative estimate of drug-likeness (QED) is 0.673. The Morgan fingerprint density at radius 1 is 1.33 bits per heavy atom. The molecule has 0 heterocycles. The maximum absolute atomic E-state index is 11.0. The third-order valence-corrected chi connectivity index (χ3v) is 3.05. The number of carbonyl (C=O) groups is 1. The van der Waals surface area contributed by atoms with Crippen molar-refractivity contribution < 1.29 is 4.79 Å². The molecule has 0 aromatic heterocycles. The largest absolute Gasteiger partial charge is 0.316 e. The first-order chi connectivity index (χ1) is 7.18. The van der Waals surface area contributed by atoms with Gasteiger partial charge in [0, 0.05) is 12.8 Å². The third-order valence-electron chi connectivity index (χ3n) is 3.05. The number of rotatable bonds is 6. The molecule has 0 aliphatic heterocycles. The van der Waals surface area contributed by atoms with E-state index in [0.717, 1.165) is 51.2 Å². The van der Waals surface area contributed by atoms with Crippen LogP contribution in [-0.4, -0.2) is 44.4 Å². The molecule has 1 fully saturated rings. The Morgan fingerprint density at radius 2 is 2.00 bits per heavy atom. The third kappa shape index (κ3) is 5.90. The summed E-state index contributed by atoms with van der Waals surface area (Å²) in [6.45, 7) is 3.35. The van der Waals surface area contributed by atoms with Crippen molar-refractivity contribution in [2.45, 2.75) is 32.1 Å². The van der Waals surface area contributed by atoms with Gasteiger partial charge in [0.1, 0.15) is 5.78 Å². The van der Waals surface area contributed by atoms with Gasteiger partial charge in [-0.3, -0.25) is 4.79 Å². The number of hydrogen-bond donors (Lipinski definition) is 1. The molecular formula is C12H24N2O. The standard InChI is InChI=1S/C12H24N2O/c1-14(2)9-3-8-13-10-11-4-6-12(15)7-5-11/h11,13H,3-10H2,1-2H3. The molecule has 15 heavy (non-hydrogen) atoms. The molecule has 1 rings (SSSR count). The molecule has 0 aromatic rings. The van der Waals surface area contributed by atoms with Crippen LogP contribution in [-0.2, 0) is 4.79 Å². The molecule has 0 aromatic carbocycles. The first-order valence-corrected chi connectivity index (χ1v) is 6.05. The zero-order chi connectivity index (χ0) is 11.1. The minimum absolute atomic E-state index is 0.457. The van der Waals surface area contributed by atoms with Crippen molar-refractivity contribution in [1.29, 1.82) is 0 Å². The molecule has 0 radical (unpaired) electrons. The summed E-state index contributed by atoms with van der Waals surface area (Å²) in [6.07, 6.45) is 5.02. The van der Waals surface area contributed by atoms with Crippen LogP contribution in [0.25, 0.3) is 0 Å². The lowest BCUT2D eigenvalue weighted by Crippen LogP contribution is -2.28. The van der Waals surface area contributed by atoms with Crippen LogP contribution in [0.4, 0.5) is 0 Å². The minimum Gasteiger partial charge on any atom is -0.316 e. The van der Waals surface area contributed by atoms with E-state index in [1.54, 1.807) is 0 Å². The van der Waals surface area contributed by atoms with E-state index in [2.05, 4.69) is 24.3 Å². The summed E-state index contributed by atoms with van der Waals surface area (Å²) in [6, 6.07) is 0. The highest BCUT2D eigenvalue weighted by Gasteiger charge is 2.17. The molecule has 1 saturated carbocycles. The number of ketones is 1. The second-order valence-electron chi connectivity index (χ2n) is 4.84. The normalized spacial score (nSPS) is 18.7. The summed E-state index contributed by atoms with van der Waals surface area (Å²) < 4.78 is 0. The summed E-state index contributed by atoms with van der Waals surface area (Å²) in [5.74, 6) is 1.20. The number of carbonyl (C=O) groups excluding carboxylic acids is 1. The minimum atomic E-state index is 0.457. The van der Waals surface area contributed by atoms with Gasteiger partial charge in [-0.15, -0.1) is 0 Å². The second kappa shape index (κ2) is 6.96. The van der Waals surface area contributed by atoms with Crippen LogP contribution in [0.2, 0.25) is 0 Å². The van der Waals surface area contributed by atoms with E-state index in [9.17, 15) is 4.79 Å². The highest BCUT2D eigenvalue weighted by Crippen LogP contribution is 2.20. The van der Waals surface area contributed by atoms with Crippen LogP contribution < -0.4 is 5.32 Å². The zero-order valence-electron chi connectivity index (χ0n) is 10.1. The number of nitrogens with one attached hydrogen (secondary N) is 1. The van der Waals surface area contributed by atoms with Crippen LogP contribution in [0.15, 0.2) is 0 Å². The number of hydrogen-bond acceptors (Lipinski definition) is 3. The fourth-order valence-electron chi connectivity index (χ4n) is 2.03. The Labute approximate surface area is 93.2 Å². The molecule has 3 nitrogen and oxygen atoms in total. The van der Waals surface area contributed by atoms with Gasteiger partial charge in [-0.05, 0) is 58.9 Å². The molecule has 0 bridgehead atoms. The molecule has 0 spiro atoms.